The number of rotatable bonds is 3. The van der Waals surface area contributed by atoms with Crippen LogP contribution in [0, 0.1) is 5.82 Å². The Labute approximate surface area is 88.9 Å². The molecule has 2 aromatic heterocycles. The van der Waals surface area contributed by atoms with Gasteiger partial charge in [-0.15, -0.1) is 0 Å². The zero-order valence-electron chi connectivity index (χ0n) is 8.13. The van der Waals surface area contributed by atoms with Crippen molar-refractivity contribution in [2.75, 3.05) is 0 Å². The zero-order valence-corrected chi connectivity index (χ0v) is 8.13. The van der Waals surface area contributed by atoms with E-state index in [1.807, 2.05) is 0 Å². The quantitative estimate of drug-likeness (QED) is 0.595. The molecule has 0 saturated heterocycles. The van der Waals surface area contributed by atoms with Gasteiger partial charge in [0.05, 0.1) is 12.2 Å². The van der Waals surface area contributed by atoms with Crippen molar-refractivity contribution in [2.24, 2.45) is 0 Å². The highest BCUT2D eigenvalue weighted by Crippen LogP contribution is 2.00. The van der Waals surface area contributed by atoms with Crippen LogP contribution in [0.5, 0.6) is 0 Å². The fraction of sp³-hybridized carbons (Fsp3) is 0.111. The highest BCUT2D eigenvalue weighted by atomic mass is 19.1. The summed E-state index contributed by atoms with van der Waals surface area (Å²) in [4.78, 5) is 24.7. The number of carbonyl (C=O) groups is 1. The molecule has 7 heteroatoms. The SMILES string of the molecule is O=C(NCc1cc(=O)[nH][nH]1)c1cc(F)c[nH]1. The number of halogens is 1. The maximum Gasteiger partial charge on any atom is 0.268 e. The largest absolute Gasteiger partial charge is 0.355 e. The van der Waals surface area contributed by atoms with Crippen molar-refractivity contribution in [2.45, 2.75) is 6.54 Å². The van der Waals surface area contributed by atoms with Gasteiger partial charge in [0, 0.05) is 18.3 Å². The Morgan fingerprint density at radius 1 is 1.38 bits per heavy atom. The van der Waals surface area contributed by atoms with Crippen LogP contribution in [-0.2, 0) is 6.54 Å². The molecule has 0 spiro atoms. The topological polar surface area (TPSA) is 93.5 Å². The number of carbonyl (C=O) groups excluding carboxylic acids is 1. The molecule has 0 radical (unpaired) electrons. The minimum atomic E-state index is -0.500. The molecular weight excluding hydrogens is 215 g/mol. The molecule has 4 N–H and O–H groups in total. The van der Waals surface area contributed by atoms with E-state index in [-0.39, 0.29) is 17.8 Å². The summed E-state index contributed by atoms with van der Waals surface area (Å²) in [5.41, 5.74) is 0.413. The summed E-state index contributed by atoms with van der Waals surface area (Å²) < 4.78 is 12.6. The second kappa shape index (κ2) is 4.05. The van der Waals surface area contributed by atoms with E-state index in [0.717, 1.165) is 12.3 Å². The van der Waals surface area contributed by atoms with E-state index in [0.29, 0.717) is 5.69 Å². The van der Waals surface area contributed by atoms with E-state index in [9.17, 15) is 14.0 Å². The van der Waals surface area contributed by atoms with Gasteiger partial charge in [-0.3, -0.25) is 14.7 Å². The van der Waals surface area contributed by atoms with Crippen molar-refractivity contribution in [3.63, 3.8) is 0 Å². The van der Waals surface area contributed by atoms with Crippen molar-refractivity contribution in [1.29, 1.82) is 0 Å². The van der Waals surface area contributed by atoms with E-state index in [4.69, 9.17) is 0 Å². The molecule has 0 atom stereocenters. The lowest BCUT2D eigenvalue weighted by molar-refractivity contribution is 0.0946. The normalized spacial score (nSPS) is 10.3. The van der Waals surface area contributed by atoms with Crippen LogP contribution in [-0.4, -0.2) is 21.1 Å². The monoisotopic (exact) mass is 224 g/mol. The molecule has 6 nitrogen and oxygen atoms in total. The first-order valence-electron chi connectivity index (χ1n) is 4.54. The number of hydrogen-bond donors (Lipinski definition) is 4. The first-order chi connectivity index (χ1) is 7.65. The average Bonchev–Trinajstić information content (AvgIpc) is 2.84. The predicted octanol–water partition coefficient (Wildman–Crippen LogP) is 0.100. The lowest BCUT2D eigenvalue weighted by atomic mass is 10.3. The molecular formula is C9H9FN4O2. The van der Waals surface area contributed by atoms with Gasteiger partial charge in [-0.1, -0.05) is 0 Å². The van der Waals surface area contributed by atoms with E-state index in [1.165, 1.54) is 6.07 Å². The van der Waals surface area contributed by atoms with Crippen molar-refractivity contribution < 1.29 is 9.18 Å². The molecule has 0 unspecified atom stereocenters. The van der Waals surface area contributed by atoms with Crippen LogP contribution in [0.4, 0.5) is 4.39 Å². The van der Waals surface area contributed by atoms with Gasteiger partial charge in [0.2, 0.25) is 0 Å². The van der Waals surface area contributed by atoms with E-state index < -0.39 is 11.7 Å². The lowest BCUT2D eigenvalue weighted by Crippen LogP contribution is -2.23. The standard InChI is InChI=1S/C9H9FN4O2/c10-5-1-7(11-3-5)9(16)12-4-6-2-8(15)14-13-6/h1-3,11H,4H2,(H,12,16)(H2,13,14,15). The smallest absolute Gasteiger partial charge is 0.268 e. The molecule has 0 fully saturated rings. The summed E-state index contributed by atoms with van der Waals surface area (Å²) in [5.74, 6) is -0.939. The van der Waals surface area contributed by atoms with Crippen LogP contribution < -0.4 is 10.9 Å². The summed E-state index contributed by atoms with van der Waals surface area (Å²) >= 11 is 0. The van der Waals surface area contributed by atoms with Crippen LogP contribution in [0.25, 0.3) is 0 Å². The second-order valence-electron chi connectivity index (χ2n) is 3.20. The Kier molecular flexibility index (Phi) is 2.59. The van der Waals surface area contributed by atoms with Gasteiger partial charge in [-0.2, -0.15) is 0 Å². The third-order valence-electron chi connectivity index (χ3n) is 1.98. The molecule has 2 aromatic rings. The van der Waals surface area contributed by atoms with Gasteiger partial charge in [-0.25, -0.2) is 4.39 Å². The Morgan fingerprint density at radius 2 is 2.19 bits per heavy atom. The molecule has 0 bridgehead atoms. The number of hydrogen-bond acceptors (Lipinski definition) is 2. The minimum Gasteiger partial charge on any atom is -0.355 e. The van der Waals surface area contributed by atoms with Gasteiger partial charge in [0.1, 0.15) is 11.5 Å². The molecule has 0 aliphatic rings. The molecule has 0 aromatic carbocycles. The van der Waals surface area contributed by atoms with Crippen LogP contribution >= 0.6 is 0 Å². The third-order valence-corrected chi connectivity index (χ3v) is 1.98. The molecule has 0 aliphatic carbocycles. The van der Waals surface area contributed by atoms with Crippen molar-refractivity contribution in [1.82, 2.24) is 20.5 Å². The summed E-state index contributed by atoms with van der Waals surface area (Å²) in [6, 6.07) is 2.42. The Hall–Kier alpha value is -2.31. The van der Waals surface area contributed by atoms with Crippen molar-refractivity contribution in [3.05, 3.63) is 45.9 Å². The molecule has 2 heterocycles. The van der Waals surface area contributed by atoms with Gasteiger partial charge in [0.25, 0.3) is 11.5 Å². The fourth-order valence-corrected chi connectivity index (χ4v) is 1.24. The Balaban J connectivity index is 1.96. The third kappa shape index (κ3) is 2.19. The zero-order chi connectivity index (χ0) is 11.5. The molecule has 0 saturated carbocycles. The minimum absolute atomic E-state index is 0.135. The van der Waals surface area contributed by atoms with Crippen molar-refractivity contribution in [3.8, 4) is 0 Å². The summed E-state index contributed by atoms with van der Waals surface area (Å²) in [6.45, 7) is 0.165. The van der Waals surface area contributed by atoms with Crippen LogP contribution in [0.15, 0.2) is 23.1 Å². The predicted molar refractivity (Wildman–Crippen MR) is 53.3 cm³/mol. The van der Waals surface area contributed by atoms with E-state index in [2.05, 4.69) is 20.5 Å². The maximum atomic E-state index is 12.6. The van der Waals surface area contributed by atoms with E-state index in [1.54, 1.807) is 0 Å². The molecule has 0 aliphatic heterocycles. The number of aromatic amines is 3. The fourth-order valence-electron chi connectivity index (χ4n) is 1.24. The lowest BCUT2D eigenvalue weighted by Gasteiger charge is -2.00. The van der Waals surface area contributed by atoms with Gasteiger partial charge >= 0.3 is 0 Å². The van der Waals surface area contributed by atoms with E-state index >= 15 is 0 Å². The van der Waals surface area contributed by atoms with Gasteiger partial charge in [-0.05, 0) is 0 Å². The van der Waals surface area contributed by atoms with Crippen molar-refractivity contribution >= 4 is 5.91 Å². The number of nitrogens with one attached hydrogen (secondary N) is 4. The number of aromatic nitrogens is 3. The second-order valence-corrected chi connectivity index (χ2v) is 3.20. The summed E-state index contributed by atoms with van der Waals surface area (Å²) in [5, 5.41) is 7.43. The Bertz CT molecular complexity index is 554. The Morgan fingerprint density at radius 3 is 2.75 bits per heavy atom. The van der Waals surface area contributed by atoms with Crippen LogP contribution in [0.2, 0.25) is 0 Å². The van der Waals surface area contributed by atoms with Crippen LogP contribution in [0.1, 0.15) is 16.2 Å². The van der Waals surface area contributed by atoms with Gasteiger partial charge < -0.3 is 15.4 Å². The molecule has 84 valence electrons. The molecule has 1 amide bonds. The number of amides is 1. The number of H-pyrrole nitrogens is 3. The first-order valence-corrected chi connectivity index (χ1v) is 4.54. The maximum absolute atomic E-state index is 12.6. The van der Waals surface area contributed by atoms with Gasteiger partial charge in [0.15, 0.2) is 0 Å². The highest BCUT2D eigenvalue weighted by Gasteiger charge is 2.08. The first kappa shape index (κ1) is 10.2. The highest BCUT2D eigenvalue weighted by molar-refractivity contribution is 5.92. The average molecular weight is 224 g/mol. The molecule has 2 rings (SSSR count). The summed E-state index contributed by atoms with van der Waals surface area (Å²) in [6.07, 6.45) is 1.09. The molecule has 16 heavy (non-hydrogen) atoms. The van der Waals surface area contributed by atoms with Crippen LogP contribution in [0.3, 0.4) is 0 Å². The summed E-state index contributed by atoms with van der Waals surface area (Å²) in [7, 11) is 0.